The SMILES string of the molecule is Nc1nccc(C(=O)O)c1OC1CCOC1. The zero-order chi connectivity index (χ0) is 11.5. The Labute approximate surface area is 92.0 Å². The van der Waals surface area contributed by atoms with Gasteiger partial charge < -0.3 is 20.3 Å². The van der Waals surface area contributed by atoms with E-state index in [1.165, 1.54) is 12.3 Å². The summed E-state index contributed by atoms with van der Waals surface area (Å²) in [6, 6.07) is 1.36. The minimum absolute atomic E-state index is 0.0272. The normalized spacial score (nSPS) is 19.6. The monoisotopic (exact) mass is 224 g/mol. The van der Waals surface area contributed by atoms with Crippen LogP contribution in [-0.2, 0) is 4.74 Å². The van der Waals surface area contributed by atoms with Gasteiger partial charge in [-0.15, -0.1) is 0 Å². The molecule has 1 aromatic rings. The fourth-order valence-corrected chi connectivity index (χ4v) is 1.53. The van der Waals surface area contributed by atoms with E-state index in [9.17, 15) is 4.79 Å². The fourth-order valence-electron chi connectivity index (χ4n) is 1.53. The van der Waals surface area contributed by atoms with Crippen LogP contribution in [-0.4, -0.2) is 35.4 Å². The second-order valence-corrected chi connectivity index (χ2v) is 3.48. The van der Waals surface area contributed by atoms with Crippen molar-refractivity contribution in [1.29, 1.82) is 0 Å². The van der Waals surface area contributed by atoms with Gasteiger partial charge in [0, 0.05) is 12.6 Å². The predicted octanol–water partition coefficient (Wildman–Crippen LogP) is 0.530. The van der Waals surface area contributed by atoms with Crippen LogP contribution >= 0.6 is 0 Å². The molecule has 1 aliphatic heterocycles. The number of carbonyl (C=O) groups is 1. The first-order chi connectivity index (χ1) is 7.68. The maximum absolute atomic E-state index is 11.0. The van der Waals surface area contributed by atoms with E-state index in [2.05, 4.69) is 4.98 Å². The smallest absolute Gasteiger partial charge is 0.339 e. The van der Waals surface area contributed by atoms with Crippen molar-refractivity contribution < 1.29 is 19.4 Å². The largest absolute Gasteiger partial charge is 0.483 e. The van der Waals surface area contributed by atoms with Crippen LogP contribution in [0.2, 0.25) is 0 Å². The number of aromatic nitrogens is 1. The van der Waals surface area contributed by atoms with Gasteiger partial charge in [-0.2, -0.15) is 0 Å². The first kappa shape index (κ1) is 10.7. The van der Waals surface area contributed by atoms with Gasteiger partial charge in [0.2, 0.25) is 0 Å². The van der Waals surface area contributed by atoms with Gasteiger partial charge in [0.05, 0.1) is 13.2 Å². The molecular formula is C10H12N2O4. The first-order valence-electron chi connectivity index (χ1n) is 4.90. The van der Waals surface area contributed by atoms with Crippen molar-refractivity contribution >= 4 is 11.8 Å². The second kappa shape index (κ2) is 4.36. The Hall–Kier alpha value is -1.82. The summed E-state index contributed by atoms with van der Waals surface area (Å²) >= 11 is 0. The summed E-state index contributed by atoms with van der Waals surface area (Å²) in [6.45, 7) is 1.07. The molecule has 1 fully saturated rings. The van der Waals surface area contributed by atoms with Crippen LogP contribution in [0.15, 0.2) is 12.3 Å². The van der Waals surface area contributed by atoms with Gasteiger partial charge in [0.25, 0.3) is 0 Å². The highest BCUT2D eigenvalue weighted by molar-refractivity contribution is 5.92. The standard InChI is InChI=1S/C10H12N2O4/c11-9-8(16-6-2-4-15-5-6)7(10(13)14)1-3-12-9/h1,3,6H,2,4-5H2,(H2,11,12)(H,13,14). The number of aromatic carboxylic acids is 1. The molecule has 16 heavy (non-hydrogen) atoms. The molecule has 0 aliphatic carbocycles. The lowest BCUT2D eigenvalue weighted by Crippen LogP contribution is -2.19. The molecule has 0 saturated carbocycles. The van der Waals surface area contributed by atoms with E-state index in [-0.39, 0.29) is 23.2 Å². The molecule has 0 amide bonds. The number of nitrogens with two attached hydrogens (primary N) is 1. The number of carboxylic acid groups (broad SMARTS) is 1. The van der Waals surface area contributed by atoms with Crippen LogP contribution in [0, 0.1) is 0 Å². The molecule has 2 rings (SSSR count). The van der Waals surface area contributed by atoms with Gasteiger partial charge in [-0.05, 0) is 6.07 Å². The Kier molecular flexibility index (Phi) is 2.91. The third-order valence-electron chi connectivity index (χ3n) is 2.33. The maximum atomic E-state index is 11.0. The van der Waals surface area contributed by atoms with E-state index >= 15 is 0 Å². The van der Waals surface area contributed by atoms with Gasteiger partial charge >= 0.3 is 5.97 Å². The molecule has 1 atom stereocenters. The van der Waals surface area contributed by atoms with Crippen LogP contribution in [0.25, 0.3) is 0 Å². The molecule has 0 bridgehead atoms. The average Bonchev–Trinajstić information content (AvgIpc) is 2.73. The molecule has 6 nitrogen and oxygen atoms in total. The topological polar surface area (TPSA) is 94.7 Å². The van der Waals surface area contributed by atoms with Gasteiger partial charge in [-0.3, -0.25) is 0 Å². The highest BCUT2D eigenvalue weighted by Gasteiger charge is 2.22. The number of hydrogen-bond acceptors (Lipinski definition) is 5. The highest BCUT2D eigenvalue weighted by atomic mass is 16.5. The van der Waals surface area contributed by atoms with Crippen LogP contribution in [0.4, 0.5) is 5.82 Å². The summed E-state index contributed by atoms with van der Waals surface area (Å²) in [4.78, 5) is 14.8. The number of ether oxygens (including phenoxy) is 2. The van der Waals surface area contributed by atoms with E-state index in [0.717, 1.165) is 6.42 Å². The van der Waals surface area contributed by atoms with Crippen LogP contribution in [0.5, 0.6) is 5.75 Å². The molecule has 0 spiro atoms. The summed E-state index contributed by atoms with van der Waals surface area (Å²) in [7, 11) is 0. The molecule has 1 aliphatic rings. The third-order valence-corrected chi connectivity index (χ3v) is 2.33. The highest BCUT2D eigenvalue weighted by Crippen LogP contribution is 2.26. The molecule has 0 radical (unpaired) electrons. The Morgan fingerprint density at radius 1 is 1.69 bits per heavy atom. The zero-order valence-corrected chi connectivity index (χ0v) is 8.55. The van der Waals surface area contributed by atoms with Crippen molar-refractivity contribution in [2.24, 2.45) is 0 Å². The van der Waals surface area contributed by atoms with E-state index in [0.29, 0.717) is 13.2 Å². The lowest BCUT2D eigenvalue weighted by molar-refractivity contribution is 0.0687. The fraction of sp³-hybridized carbons (Fsp3) is 0.400. The average molecular weight is 224 g/mol. The molecule has 1 saturated heterocycles. The second-order valence-electron chi connectivity index (χ2n) is 3.48. The Morgan fingerprint density at radius 3 is 3.12 bits per heavy atom. The quantitative estimate of drug-likeness (QED) is 0.777. The summed E-state index contributed by atoms with van der Waals surface area (Å²) in [6.07, 6.45) is 1.93. The van der Waals surface area contributed by atoms with Crippen LogP contribution in [0.1, 0.15) is 16.8 Å². The third kappa shape index (κ3) is 2.06. The maximum Gasteiger partial charge on any atom is 0.339 e. The van der Waals surface area contributed by atoms with Crippen molar-refractivity contribution in [2.45, 2.75) is 12.5 Å². The van der Waals surface area contributed by atoms with Crippen molar-refractivity contribution in [3.8, 4) is 5.75 Å². The zero-order valence-electron chi connectivity index (χ0n) is 8.55. The minimum atomic E-state index is -1.08. The molecule has 3 N–H and O–H groups in total. The summed E-state index contributed by atoms with van der Waals surface area (Å²) in [5.74, 6) is -0.861. The Bertz CT molecular complexity index is 402. The Morgan fingerprint density at radius 2 is 2.50 bits per heavy atom. The number of rotatable bonds is 3. The molecule has 0 aromatic carbocycles. The Balaban J connectivity index is 2.26. The number of hydrogen-bond donors (Lipinski definition) is 2. The van der Waals surface area contributed by atoms with Crippen LogP contribution < -0.4 is 10.5 Å². The molecule has 2 heterocycles. The summed E-state index contributed by atoms with van der Waals surface area (Å²) < 4.78 is 10.6. The van der Waals surface area contributed by atoms with Crippen molar-refractivity contribution in [3.63, 3.8) is 0 Å². The predicted molar refractivity (Wildman–Crippen MR) is 55.5 cm³/mol. The number of pyridine rings is 1. The first-order valence-corrected chi connectivity index (χ1v) is 4.90. The minimum Gasteiger partial charge on any atom is -0.483 e. The molecular weight excluding hydrogens is 212 g/mol. The number of anilines is 1. The van der Waals surface area contributed by atoms with E-state index in [1.807, 2.05) is 0 Å². The van der Waals surface area contributed by atoms with Crippen LogP contribution in [0.3, 0.4) is 0 Å². The molecule has 1 aromatic heterocycles. The van der Waals surface area contributed by atoms with E-state index in [4.69, 9.17) is 20.3 Å². The molecule has 6 heteroatoms. The van der Waals surface area contributed by atoms with Crippen molar-refractivity contribution in [1.82, 2.24) is 4.98 Å². The van der Waals surface area contributed by atoms with Gasteiger partial charge in [-0.1, -0.05) is 0 Å². The van der Waals surface area contributed by atoms with E-state index in [1.54, 1.807) is 0 Å². The lowest BCUT2D eigenvalue weighted by Gasteiger charge is -2.14. The lowest BCUT2D eigenvalue weighted by atomic mass is 10.2. The number of nitrogens with zero attached hydrogens (tertiary/aromatic N) is 1. The molecule has 86 valence electrons. The summed E-state index contributed by atoms with van der Waals surface area (Å²) in [5.41, 5.74) is 5.62. The van der Waals surface area contributed by atoms with E-state index < -0.39 is 5.97 Å². The number of carboxylic acids is 1. The van der Waals surface area contributed by atoms with Gasteiger partial charge in [-0.25, -0.2) is 9.78 Å². The molecule has 1 unspecified atom stereocenters. The summed E-state index contributed by atoms with van der Waals surface area (Å²) in [5, 5.41) is 8.97. The van der Waals surface area contributed by atoms with Gasteiger partial charge in [0.1, 0.15) is 11.7 Å². The van der Waals surface area contributed by atoms with Gasteiger partial charge in [0.15, 0.2) is 11.6 Å². The number of nitrogen functional groups attached to an aromatic ring is 1. The van der Waals surface area contributed by atoms with Crippen molar-refractivity contribution in [2.75, 3.05) is 18.9 Å². The van der Waals surface area contributed by atoms with Crippen molar-refractivity contribution in [3.05, 3.63) is 17.8 Å².